The van der Waals surface area contributed by atoms with E-state index in [-0.39, 0.29) is 16.7 Å². The number of hydrogen-bond donors (Lipinski definition) is 1. The van der Waals surface area contributed by atoms with Gasteiger partial charge in [0.1, 0.15) is 0 Å². The number of amides is 1. The molecule has 0 aromatic heterocycles. The molecule has 2 rings (SSSR count). The van der Waals surface area contributed by atoms with Crippen LogP contribution < -0.4 is 5.32 Å². The zero-order valence-corrected chi connectivity index (χ0v) is 10.7. The fourth-order valence-electron chi connectivity index (χ4n) is 1.78. The highest BCUT2D eigenvalue weighted by atomic mass is 79.9. The van der Waals surface area contributed by atoms with E-state index in [9.17, 15) is 4.79 Å². The van der Waals surface area contributed by atoms with Crippen LogP contribution in [0.25, 0.3) is 0 Å². The van der Waals surface area contributed by atoms with Crippen LogP contribution in [0.4, 0.5) is 0 Å². The van der Waals surface area contributed by atoms with Crippen LogP contribution >= 0.6 is 15.9 Å². The third kappa shape index (κ3) is 2.85. The lowest BCUT2D eigenvalue weighted by atomic mass is 9.85. The van der Waals surface area contributed by atoms with Crippen LogP contribution in [0, 0.1) is 5.92 Å². The minimum atomic E-state index is 0.206. The summed E-state index contributed by atoms with van der Waals surface area (Å²) in [6.07, 6.45) is 3.32. The largest absolute Gasteiger partial charge is 0.354 e. The van der Waals surface area contributed by atoms with Crippen LogP contribution in [-0.2, 0) is 4.79 Å². The summed E-state index contributed by atoms with van der Waals surface area (Å²) >= 11 is 3.59. The van der Waals surface area contributed by atoms with E-state index in [1.54, 1.807) is 0 Å². The van der Waals surface area contributed by atoms with Gasteiger partial charge in [-0.3, -0.25) is 4.79 Å². The molecule has 1 fully saturated rings. The number of halogens is 1. The van der Waals surface area contributed by atoms with Crippen LogP contribution in [-0.4, -0.2) is 12.5 Å². The van der Waals surface area contributed by atoms with E-state index in [0.717, 1.165) is 12.8 Å². The Labute approximate surface area is 105 Å². The van der Waals surface area contributed by atoms with Crippen LogP contribution in [0.1, 0.15) is 29.7 Å². The third-order valence-electron chi connectivity index (χ3n) is 3.09. The number of carbonyl (C=O) groups is 1. The van der Waals surface area contributed by atoms with Crippen molar-refractivity contribution in [1.29, 1.82) is 0 Å². The molecule has 3 heteroatoms. The molecule has 16 heavy (non-hydrogen) atoms. The number of carbonyl (C=O) groups excluding carboxylic acids is 1. The summed E-state index contributed by atoms with van der Waals surface area (Å²) in [6, 6.07) is 10.1. The average molecular weight is 282 g/mol. The van der Waals surface area contributed by atoms with Gasteiger partial charge < -0.3 is 5.32 Å². The van der Waals surface area contributed by atoms with E-state index in [4.69, 9.17) is 0 Å². The molecule has 1 aromatic carbocycles. The number of alkyl halides is 1. The van der Waals surface area contributed by atoms with Gasteiger partial charge in [0.2, 0.25) is 5.91 Å². The maximum Gasteiger partial charge on any atom is 0.223 e. The standard InChI is InChI=1S/C13H16BrNO/c14-12(10-5-2-1-3-6-10)9-15-13(16)11-7-4-8-11/h1-3,5-6,11-12H,4,7-9H2,(H,15,16). The summed E-state index contributed by atoms with van der Waals surface area (Å²) in [6.45, 7) is 0.666. The molecule has 0 heterocycles. The zero-order valence-electron chi connectivity index (χ0n) is 9.16. The van der Waals surface area contributed by atoms with Crippen molar-refractivity contribution in [3.8, 4) is 0 Å². The second kappa shape index (κ2) is 5.48. The maximum atomic E-state index is 11.6. The van der Waals surface area contributed by atoms with Gasteiger partial charge in [-0.2, -0.15) is 0 Å². The lowest BCUT2D eigenvalue weighted by molar-refractivity contribution is -0.127. The van der Waals surface area contributed by atoms with Crippen molar-refractivity contribution >= 4 is 21.8 Å². The molecule has 0 radical (unpaired) electrons. The minimum absolute atomic E-state index is 0.206. The Hall–Kier alpha value is -0.830. The number of benzene rings is 1. The first-order valence-corrected chi connectivity index (χ1v) is 6.65. The second-order valence-corrected chi connectivity index (χ2v) is 5.36. The van der Waals surface area contributed by atoms with Gasteiger partial charge in [0.25, 0.3) is 0 Å². The van der Waals surface area contributed by atoms with Gasteiger partial charge in [-0.1, -0.05) is 52.7 Å². The van der Waals surface area contributed by atoms with E-state index < -0.39 is 0 Å². The van der Waals surface area contributed by atoms with E-state index in [1.165, 1.54) is 12.0 Å². The monoisotopic (exact) mass is 281 g/mol. The third-order valence-corrected chi connectivity index (χ3v) is 3.95. The first kappa shape index (κ1) is 11.6. The lowest BCUT2D eigenvalue weighted by Gasteiger charge is -2.24. The number of nitrogens with one attached hydrogen (secondary N) is 1. The van der Waals surface area contributed by atoms with Gasteiger partial charge in [0, 0.05) is 12.5 Å². The molecule has 0 spiro atoms. The van der Waals surface area contributed by atoms with E-state index in [2.05, 4.69) is 33.4 Å². The highest BCUT2D eigenvalue weighted by Crippen LogP contribution is 2.27. The van der Waals surface area contributed by atoms with Crippen molar-refractivity contribution < 1.29 is 4.79 Å². The first-order valence-electron chi connectivity index (χ1n) is 5.74. The van der Waals surface area contributed by atoms with Crippen LogP contribution in [0.2, 0.25) is 0 Å². The molecule has 1 N–H and O–H groups in total. The summed E-state index contributed by atoms with van der Waals surface area (Å²) in [5, 5.41) is 3.00. The molecule has 1 aliphatic carbocycles. The predicted octanol–water partition coefficient (Wildman–Crippen LogP) is 3.04. The quantitative estimate of drug-likeness (QED) is 0.845. The molecule has 1 unspecified atom stereocenters. The maximum absolute atomic E-state index is 11.6. The van der Waals surface area contributed by atoms with Crippen molar-refractivity contribution in [3.63, 3.8) is 0 Å². The fourth-order valence-corrected chi connectivity index (χ4v) is 2.25. The van der Waals surface area contributed by atoms with Crippen molar-refractivity contribution in [2.75, 3.05) is 6.54 Å². The Bertz CT molecular complexity index is 348. The Morgan fingerprint density at radius 3 is 2.62 bits per heavy atom. The smallest absolute Gasteiger partial charge is 0.223 e. The molecule has 0 saturated heterocycles. The summed E-state index contributed by atoms with van der Waals surface area (Å²) in [4.78, 5) is 11.8. The number of rotatable bonds is 4. The Morgan fingerprint density at radius 2 is 2.06 bits per heavy atom. The van der Waals surface area contributed by atoms with Crippen LogP contribution in [0.5, 0.6) is 0 Å². The van der Waals surface area contributed by atoms with Crippen LogP contribution in [0.15, 0.2) is 30.3 Å². The highest BCUT2D eigenvalue weighted by molar-refractivity contribution is 9.09. The Balaban J connectivity index is 1.79. The normalized spacial score (nSPS) is 17.6. The minimum Gasteiger partial charge on any atom is -0.354 e. The molecule has 1 aliphatic rings. The van der Waals surface area contributed by atoms with E-state index in [1.807, 2.05) is 18.2 Å². The van der Waals surface area contributed by atoms with Crippen molar-refractivity contribution in [2.45, 2.75) is 24.1 Å². The Kier molecular flexibility index (Phi) is 3.99. The fraction of sp³-hybridized carbons (Fsp3) is 0.462. The molecule has 1 saturated carbocycles. The summed E-state index contributed by atoms with van der Waals surface area (Å²) in [7, 11) is 0. The SMILES string of the molecule is O=C(NCC(Br)c1ccccc1)C1CCC1. The van der Waals surface area contributed by atoms with Crippen molar-refractivity contribution in [2.24, 2.45) is 5.92 Å². The molecule has 1 amide bonds. The van der Waals surface area contributed by atoms with Crippen molar-refractivity contribution in [1.82, 2.24) is 5.32 Å². The number of hydrogen-bond acceptors (Lipinski definition) is 1. The second-order valence-electron chi connectivity index (χ2n) is 4.25. The topological polar surface area (TPSA) is 29.1 Å². The molecule has 0 aliphatic heterocycles. The first-order chi connectivity index (χ1) is 7.77. The van der Waals surface area contributed by atoms with Gasteiger partial charge >= 0.3 is 0 Å². The molecule has 2 nitrogen and oxygen atoms in total. The average Bonchev–Trinajstić information content (AvgIpc) is 2.25. The molecule has 86 valence electrons. The van der Waals surface area contributed by atoms with Gasteiger partial charge in [0.15, 0.2) is 0 Å². The lowest BCUT2D eigenvalue weighted by Crippen LogP contribution is -2.35. The van der Waals surface area contributed by atoms with Gasteiger partial charge in [0.05, 0.1) is 4.83 Å². The highest BCUT2D eigenvalue weighted by Gasteiger charge is 2.25. The molecular formula is C13H16BrNO. The van der Waals surface area contributed by atoms with E-state index >= 15 is 0 Å². The molecule has 0 bridgehead atoms. The van der Waals surface area contributed by atoms with Crippen LogP contribution in [0.3, 0.4) is 0 Å². The predicted molar refractivity (Wildman–Crippen MR) is 68.5 cm³/mol. The van der Waals surface area contributed by atoms with Crippen molar-refractivity contribution in [3.05, 3.63) is 35.9 Å². The summed E-state index contributed by atoms with van der Waals surface area (Å²) in [5.41, 5.74) is 1.21. The summed E-state index contributed by atoms with van der Waals surface area (Å²) < 4.78 is 0. The van der Waals surface area contributed by atoms with E-state index in [0.29, 0.717) is 6.54 Å². The molecule has 1 aromatic rings. The Morgan fingerprint density at radius 1 is 1.38 bits per heavy atom. The van der Waals surface area contributed by atoms with Gasteiger partial charge in [-0.05, 0) is 18.4 Å². The molecular weight excluding hydrogens is 266 g/mol. The summed E-state index contributed by atoms with van der Waals surface area (Å²) in [5.74, 6) is 0.488. The van der Waals surface area contributed by atoms with Gasteiger partial charge in [-0.25, -0.2) is 0 Å². The zero-order chi connectivity index (χ0) is 11.4. The molecule has 1 atom stereocenters. The van der Waals surface area contributed by atoms with Gasteiger partial charge in [-0.15, -0.1) is 0 Å².